The van der Waals surface area contributed by atoms with E-state index in [9.17, 15) is 0 Å². The van der Waals surface area contributed by atoms with Crippen molar-refractivity contribution in [2.45, 2.75) is 19.9 Å². The minimum atomic E-state index is 0.449. The average molecular weight is 256 g/mol. The van der Waals surface area contributed by atoms with Crippen molar-refractivity contribution in [3.8, 4) is 0 Å². The van der Waals surface area contributed by atoms with E-state index in [2.05, 4.69) is 43.2 Å². The van der Waals surface area contributed by atoms with Gasteiger partial charge in [0.05, 0.1) is 6.61 Å². The van der Waals surface area contributed by atoms with Gasteiger partial charge in [0.2, 0.25) is 0 Å². The normalized spacial score (nSPS) is 13.2. The summed E-state index contributed by atoms with van der Waals surface area (Å²) in [5, 5.41) is 3.55. The van der Waals surface area contributed by atoms with Crippen LogP contribution in [0, 0.1) is 6.92 Å². The van der Waals surface area contributed by atoms with E-state index in [1.165, 1.54) is 9.75 Å². The van der Waals surface area contributed by atoms with Crippen LogP contribution in [0.1, 0.15) is 22.7 Å². The van der Waals surface area contributed by atoms with Gasteiger partial charge in [-0.2, -0.15) is 0 Å². The maximum Gasteiger partial charge on any atom is 0.0589 e. The van der Waals surface area contributed by atoms with Crippen molar-refractivity contribution in [3.63, 3.8) is 0 Å². The topological polar surface area (TPSA) is 24.5 Å². The third-order valence-corrected chi connectivity index (χ3v) is 3.99. The summed E-state index contributed by atoms with van der Waals surface area (Å²) in [7, 11) is 3.87. The van der Waals surface area contributed by atoms with Crippen molar-refractivity contribution in [3.05, 3.63) is 21.9 Å². The highest BCUT2D eigenvalue weighted by Gasteiger charge is 2.06. The third-order valence-electron chi connectivity index (χ3n) is 2.81. The number of hydrogen-bond acceptors (Lipinski definition) is 4. The van der Waals surface area contributed by atoms with Crippen LogP contribution in [0.4, 0.5) is 0 Å². The van der Waals surface area contributed by atoms with Crippen molar-refractivity contribution in [1.29, 1.82) is 0 Å². The Morgan fingerprint density at radius 3 is 2.76 bits per heavy atom. The molecule has 0 radical (unpaired) electrons. The van der Waals surface area contributed by atoms with Gasteiger partial charge in [-0.05, 0) is 33.0 Å². The number of aryl methyl sites for hydroxylation is 1. The number of nitrogens with one attached hydrogen (secondary N) is 1. The molecule has 0 saturated heterocycles. The Kier molecular flexibility index (Phi) is 6.73. The zero-order chi connectivity index (χ0) is 12.7. The first-order valence-corrected chi connectivity index (χ1v) is 6.92. The lowest BCUT2D eigenvalue weighted by Gasteiger charge is -2.18. The van der Waals surface area contributed by atoms with E-state index in [4.69, 9.17) is 4.74 Å². The van der Waals surface area contributed by atoms with Crippen LogP contribution in [0.15, 0.2) is 12.1 Å². The summed E-state index contributed by atoms with van der Waals surface area (Å²) in [5.74, 6) is 0. The van der Waals surface area contributed by atoms with Crippen molar-refractivity contribution in [2.75, 3.05) is 40.4 Å². The van der Waals surface area contributed by atoms with Crippen molar-refractivity contribution in [1.82, 2.24) is 10.2 Å². The number of methoxy groups -OCH3 is 1. The van der Waals surface area contributed by atoms with Crippen LogP contribution in [-0.4, -0.2) is 45.3 Å². The fourth-order valence-electron chi connectivity index (χ4n) is 1.62. The lowest BCUT2D eigenvalue weighted by atomic mass is 10.2. The lowest BCUT2D eigenvalue weighted by molar-refractivity contribution is 0.161. The minimum Gasteiger partial charge on any atom is -0.383 e. The van der Waals surface area contributed by atoms with Crippen LogP contribution in [0.25, 0.3) is 0 Å². The molecule has 1 aromatic rings. The molecule has 1 heterocycles. The molecular formula is C13H24N2OS. The van der Waals surface area contributed by atoms with Crippen molar-refractivity contribution < 1.29 is 4.74 Å². The number of likely N-dealkylation sites (N-methyl/N-ethyl adjacent to an activating group) is 1. The highest BCUT2D eigenvalue weighted by Crippen LogP contribution is 2.21. The second-order valence-electron chi connectivity index (χ2n) is 4.42. The van der Waals surface area contributed by atoms with E-state index in [0.29, 0.717) is 6.04 Å². The van der Waals surface area contributed by atoms with Crippen LogP contribution in [0.3, 0.4) is 0 Å². The molecule has 1 unspecified atom stereocenters. The molecule has 0 aliphatic rings. The molecule has 0 aliphatic heterocycles. The highest BCUT2D eigenvalue weighted by atomic mass is 32.1. The van der Waals surface area contributed by atoms with Crippen LogP contribution in [0.5, 0.6) is 0 Å². The zero-order valence-electron chi connectivity index (χ0n) is 11.3. The van der Waals surface area contributed by atoms with Gasteiger partial charge in [0, 0.05) is 42.5 Å². The predicted molar refractivity (Wildman–Crippen MR) is 74.8 cm³/mol. The first-order chi connectivity index (χ1) is 8.13. The lowest BCUT2D eigenvalue weighted by Crippen LogP contribution is -2.32. The van der Waals surface area contributed by atoms with Crippen molar-refractivity contribution >= 4 is 11.3 Å². The summed E-state index contributed by atoms with van der Waals surface area (Å²) < 4.78 is 5.05. The molecular weight excluding hydrogens is 232 g/mol. The third kappa shape index (κ3) is 5.64. The van der Waals surface area contributed by atoms with E-state index in [-0.39, 0.29) is 0 Å². The first-order valence-electron chi connectivity index (χ1n) is 6.10. The van der Waals surface area contributed by atoms with Gasteiger partial charge in [-0.15, -0.1) is 11.3 Å². The second kappa shape index (κ2) is 7.82. The fourth-order valence-corrected chi connectivity index (χ4v) is 2.52. The SMILES string of the molecule is COCCN(C)CCNC(C)c1ccc(C)s1. The van der Waals surface area contributed by atoms with Gasteiger partial charge in [-0.25, -0.2) is 0 Å². The maximum absolute atomic E-state index is 5.05. The second-order valence-corrected chi connectivity index (χ2v) is 5.74. The fraction of sp³-hybridized carbons (Fsp3) is 0.692. The molecule has 1 atom stereocenters. The summed E-state index contributed by atoms with van der Waals surface area (Å²) in [5.41, 5.74) is 0. The van der Waals surface area contributed by atoms with E-state index in [1.807, 2.05) is 11.3 Å². The largest absolute Gasteiger partial charge is 0.383 e. The predicted octanol–water partition coefficient (Wildman–Crippen LogP) is 2.29. The van der Waals surface area contributed by atoms with Crippen LogP contribution in [0.2, 0.25) is 0 Å². The van der Waals surface area contributed by atoms with Gasteiger partial charge in [-0.3, -0.25) is 0 Å². The standard InChI is InChI=1S/C13H24N2OS/c1-11-5-6-13(17-11)12(2)14-7-8-15(3)9-10-16-4/h5-6,12,14H,7-10H2,1-4H3. The molecule has 4 heteroatoms. The Labute approximate surface area is 109 Å². The van der Waals surface area contributed by atoms with E-state index >= 15 is 0 Å². The smallest absolute Gasteiger partial charge is 0.0589 e. The quantitative estimate of drug-likeness (QED) is 0.772. The Balaban J connectivity index is 2.18. The minimum absolute atomic E-state index is 0.449. The molecule has 0 aromatic carbocycles. The number of thiophene rings is 1. The van der Waals surface area contributed by atoms with E-state index in [1.54, 1.807) is 7.11 Å². The molecule has 0 saturated carbocycles. The molecule has 3 nitrogen and oxygen atoms in total. The molecule has 1 aromatic heterocycles. The molecule has 98 valence electrons. The monoisotopic (exact) mass is 256 g/mol. The van der Waals surface area contributed by atoms with Crippen LogP contribution < -0.4 is 5.32 Å². The molecule has 17 heavy (non-hydrogen) atoms. The maximum atomic E-state index is 5.05. The molecule has 0 bridgehead atoms. The van der Waals surface area contributed by atoms with Crippen LogP contribution in [-0.2, 0) is 4.74 Å². The van der Waals surface area contributed by atoms with E-state index < -0.39 is 0 Å². The molecule has 0 aliphatic carbocycles. The van der Waals surface area contributed by atoms with Gasteiger partial charge in [0.1, 0.15) is 0 Å². The number of rotatable bonds is 8. The zero-order valence-corrected chi connectivity index (χ0v) is 12.1. The van der Waals surface area contributed by atoms with Crippen molar-refractivity contribution in [2.24, 2.45) is 0 Å². The summed E-state index contributed by atoms with van der Waals surface area (Å²) in [4.78, 5) is 5.08. The molecule has 0 fully saturated rings. The van der Waals surface area contributed by atoms with Crippen LogP contribution >= 0.6 is 11.3 Å². The Morgan fingerprint density at radius 1 is 1.41 bits per heavy atom. The average Bonchev–Trinajstić information content (AvgIpc) is 2.73. The molecule has 0 spiro atoms. The molecule has 1 rings (SSSR count). The summed E-state index contributed by atoms with van der Waals surface area (Å²) in [6.45, 7) is 8.23. The number of ether oxygens (including phenoxy) is 1. The van der Waals surface area contributed by atoms with Gasteiger partial charge in [-0.1, -0.05) is 0 Å². The first kappa shape index (κ1) is 14.6. The van der Waals surface area contributed by atoms with E-state index in [0.717, 1.165) is 26.2 Å². The van der Waals surface area contributed by atoms with Gasteiger partial charge in [0.25, 0.3) is 0 Å². The molecule has 0 amide bonds. The molecule has 1 N–H and O–H groups in total. The number of hydrogen-bond donors (Lipinski definition) is 1. The Bertz CT molecular complexity index is 314. The van der Waals surface area contributed by atoms with Gasteiger partial charge < -0.3 is 15.0 Å². The highest BCUT2D eigenvalue weighted by molar-refractivity contribution is 7.12. The Hall–Kier alpha value is -0.420. The summed E-state index contributed by atoms with van der Waals surface area (Å²) >= 11 is 1.87. The summed E-state index contributed by atoms with van der Waals surface area (Å²) in [6, 6.07) is 4.85. The summed E-state index contributed by atoms with van der Waals surface area (Å²) in [6.07, 6.45) is 0. The number of nitrogens with zero attached hydrogens (tertiary/aromatic N) is 1. The van der Waals surface area contributed by atoms with Gasteiger partial charge >= 0.3 is 0 Å². The van der Waals surface area contributed by atoms with Gasteiger partial charge in [0.15, 0.2) is 0 Å². The Morgan fingerprint density at radius 2 is 2.18 bits per heavy atom.